The summed E-state index contributed by atoms with van der Waals surface area (Å²) < 4.78 is 5.44. The second kappa shape index (κ2) is 5.73. The van der Waals surface area contributed by atoms with Crippen LogP contribution in [0.4, 0.5) is 5.69 Å². The first kappa shape index (κ1) is 12.7. The molecule has 0 bridgehead atoms. The number of ether oxygens (including phenoxy) is 1. The minimum absolute atomic E-state index is 0.152. The van der Waals surface area contributed by atoms with Crippen LogP contribution in [0.1, 0.15) is 17.5 Å². The Morgan fingerprint density at radius 1 is 1.39 bits per heavy atom. The van der Waals surface area contributed by atoms with Gasteiger partial charge in [-0.2, -0.15) is 0 Å². The zero-order valence-corrected chi connectivity index (χ0v) is 10.6. The van der Waals surface area contributed by atoms with E-state index in [-0.39, 0.29) is 5.84 Å². The van der Waals surface area contributed by atoms with Crippen LogP contribution in [-0.2, 0) is 4.74 Å². The topological polar surface area (TPSA) is 71.1 Å². The fourth-order valence-electron chi connectivity index (χ4n) is 2.17. The Hall–Kier alpha value is -1.75. The van der Waals surface area contributed by atoms with Crippen LogP contribution >= 0.6 is 0 Å². The molecule has 0 unspecified atom stereocenters. The lowest BCUT2D eigenvalue weighted by atomic mass is 10.1. The van der Waals surface area contributed by atoms with Crippen LogP contribution < -0.4 is 10.6 Å². The van der Waals surface area contributed by atoms with Crippen molar-refractivity contribution in [2.24, 2.45) is 10.9 Å². The van der Waals surface area contributed by atoms with Gasteiger partial charge in [-0.25, -0.2) is 0 Å². The van der Waals surface area contributed by atoms with Crippen LogP contribution in [0.5, 0.6) is 0 Å². The van der Waals surface area contributed by atoms with Gasteiger partial charge in [-0.3, -0.25) is 0 Å². The number of oxime groups is 1. The van der Waals surface area contributed by atoms with E-state index in [1.807, 2.05) is 25.1 Å². The van der Waals surface area contributed by atoms with E-state index < -0.39 is 0 Å². The number of amidine groups is 1. The highest BCUT2D eigenvalue weighted by Crippen LogP contribution is 2.23. The molecule has 0 saturated carbocycles. The highest BCUT2D eigenvalue weighted by atomic mass is 16.5. The predicted octanol–water partition coefficient (Wildman–Crippen LogP) is 1.32. The maximum atomic E-state index is 8.88. The van der Waals surface area contributed by atoms with Crippen molar-refractivity contribution >= 4 is 11.5 Å². The first-order chi connectivity index (χ1) is 8.72. The van der Waals surface area contributed by atoms with Crippen LogP contribution in [-0.4, -0.2) is 37.3 Å². The van der Waals surface area contributed by atoms with Gasteiger partial charge in [0.15, 0.2) is 5.84 Å². The Morgan fingerprint density at radius 2 is 2.22 bits per heavy atom. The van der Waals surface area contributed by atoms with Crippen molar-refractivity contribution < 1.29 is 9.94 Å². The van der Waals surface area contributed by atoms with Crippen molar-refractivity contribution in [2.75, 3.05) is 31.2 Å². The number of rotatable bonds is 2. The summed E-state index contributed by atoms with van der Waals surface area (Å²) in [5.41, 5.74) is 8.62. The molecular weight excluding hydrogens is 230 g/mol. The highest BCUT2D eigenvalue weighted by Gasteiger charge is 2.15. The Labute approximate surface area is 107 Å². The molecule has 0 atom stereocenters. The molecular formula is C13H19N3O2. The van der Waals surface area contributed by atoms with E-state index in [1.165, 1.54) is 0 Å². The van der Waals surface area contributed by atoms with E-state index in [4.69, 9.17) is 15.7 Å². The molecule has 2 rings (SSSR count). The van der Waals surface area contributed by atoms with Gasteiger partial charge in [-0.15, -0.1) is 0 Å². The number of hydrogen-bond acceptors (Lipinski definition) is 4. The summed E-state index contributed by atoms with van der Waals surface area (Å²) >= 11 is 0. The van der Waals surface area contributed by atoms with Crippen LogP contribution in [0.15, 0.2) is 23.4 Å². The lowest BCUT2D eigenvalue weighted by Gasteiger charge is -2.24. The summed E-state index contributed by atoms with van der Waals surface area (Å²) in [5.74, 6) is 0.152. The molecule has 1 aromatic carbocycles. The maximum Gasteiger partial charge on any atom is 0.172 e. The Morgan fingerprint density at radius 3 is 3.00 bits per heavy atom. The van der Waals surface area contributed by atoms with Crippen molar-refractivity contribution in [3.63, 3.8) is 0 Å². The molecule has 18 heavy (non-hydrogen) atoms. The number of nitrogens with two attached hydrogens (primary N) is 1. The van der Waals surface area contributed by atoms with Gasteiger partial charge < -0.3 is 20.6 Å². The normalized spacial score (nSPS) is 17.6. The molecule has 5 heteroatoms. The smallest absolute Gasteiger partial charge is 0.172 e. The number of nitrogens with zero attached hydrogens (tertiary/aromatic N) is 2. The Bertz CT molecular complexity index is 438. The lowest BCUT2D eigenvalue weighted by molar-refractivity contribution is 0.152. The average molecular weight is 249 g/mol. The van der Waals surface area contributed by atoms with Gasteiger partial charge in [-0.05, 0) is 25.5 Å². The highest BCUT2D eigenvalue weighted by molar-refractivity contribution is 6.02. The first-order valence-corrected chi connectivity index (χ1v) is 6.13. The van der Waals surface area contributed by atoms with Crippen LogP contribution in [0.25, 0.3) is 0 Å². The third kappa shape index (κ3) is 2.73. The minimum Gasteiger partial charge on any atom is -0.409 e. The fourth-order valence-corrected chi connectivity index (χ4v) is 2.17. The molecule has 98 valence electrons. The maximum absolute atomic E-state index is 8.88. The van der Waals surface area contributed by atoms with Crippen molar-refractivity contribution in [3.05, 3.63) is 29.3 Å². The largest absolute Gasteiger partial charge is 0.409 e. The fraction of sp³-hybridized carbons (Fsp3) is 0.462. The van der Waals surface area contributed by atoms with Gasteiger partial charge in [-0.1, -0.05) is 16.8 Å². The number of hydrogen-bond donors (Lipinski definition) is 2. The molecule has 1 fully saturated rings. The molecule has 0 amide bonds. The molecule has 0 spiro atoms. The summed E-state index contributed by atoms with van der Waals surface area (Å²) in [6.45, 7) is 5.25. The van der Waals surface area contributed by atoms with Gasteiger partial charge in [0.2, 0.25) is 0 Å². The van der Waals surface area contributed by atoms with Crippen LogP contribution in [0, 0.1) is 6.92 Å². The van der Waals surface area contributed by atoms with Crippen molar-refractivity contribution in [1.82, 2.24) is 0 Å². The van der Waals surface area contributed by atoms with Crippen molar-refractivity contribution in [3.8, 4) is 0 Å². The average Bonchev–Trinajstić information content (AvgIpc) is 2.66. The molecule has 0 aliphatic carbocycles. The lowest BCUT2D eigenvalue weighted by Crippen LogP contribution is -2.29. The molecule has 1 aliphatic rings. The van der Waals surface area contributed by atoms with E-state index in [2.05, 4.69) is 10.1 Å². The quantitative estimate of drug-likeness (QED) is 0.359. The van der Waals surface area contributed by atoms with E-state index in [0.717, 1.165) is 42.9 Å². The summed E-state index contributed by atoms with van der Waals surface area (Å²) in [5, 5.41) is 12.0. The molecule has 1 aromatic rings. The third-order valence-corrected chi connectivity index (χ3v) is 3.10. The van der Waals surface area contributed by atoms with Gasteiger partial charge in [0.25, 0.3) is 0 Å². The zero-order chi connectivity index (χ0) is 13.0. The number of benzene rings is 1. The van der Waals surface area contributed by atoms with Gasteiger partial charge >= 0.3 is 0 Å². The zero-order valence-electron chi connectivity index (χ0n) is 10.6. The van der Waals surface area contributed by atoms with E-state index in [9.17, 15) is 0 Å². The molecule has 1 aliphatic heterocycles. The molecule has 5 nitrogen and oxygen atoms in total. The SMILES string of the molecule is Cc1ccc(N2CCCOCC2)c(/C(N)=N/O)c1. The first-order valence-electron chi connectivity index (χ1n) is 6.13. The molecule has 1 saturated heterocycles. The van der Waals surface area contributed by atoms with Crippen molar-refractivity contribution in [1.29, 1.82) is 0 Å². The van der Waals surface area contributed by atoms with Crippen LogP contribution in [0.3, 0.4) is 0 Å². The molecule has 0 radical (unpaired) electrons. The molecule has 3 N–H and O–H groups in total. The second-order valence-electron chi connectivity index (χ2n) is 4.46. The minimum atomic E-state index is 0.152. The summed E-state index contributed by atoms with van der Waals surface area (Å²) in [6.07, 6.45) is 0.990. The van der Waals surface area contributed by atoms with Crippen molar-refractivity contribution in [2.45, 2.75) is 13.3 Å². The summed E-state index contributed by atoms with van der Waals surface area (Å²) in [6, 6.07) is 6.00. The van der Waals surface area contributed by atoms with Gasteiger partial charge in [0.05, 0.1) is 6.61 Å². The Balaban J connectivity index is 2.36. The van der Waals surface area contributed by atoms with Gasteiger partial charge in [0, 0.05) is 30.9 Å². The van der Waals surface area contributed by atoms with E-state index in [1.54, 1.807) is 0 Å². The van der Waals surface area contributed by atoms with E-state index >= 15 is 0 Å². The second-order valence-corrected chi connectivity index (χ2v) is 4.46. The summed E-state index contributed by atoms with van der Waals surface area (Å²) in [4.78, 5) is 2.22. The summed E-state index contributed by atoms with van der Waals surface area (Å²) in [7, 11) is 0. The number of anilines is 1. The van der Waals surface area contributed by atoms with Gasteiger partial charge in [0.1, 0.15) is 0 Å². The van der Waals surface area contributed by atoms with E-state index in [0.29, 0.717) is 6.61 Å². The third-order valence-electron chi connectivity index (χ3n) is 3.10. The molecule has 0 aromatic heterocycles. The number of aryl methyl sites for hydroxylation is 1. The standard InChI is InChI=1S/C13H19N3O2/c1-10-3-4-12(11(9-10)13(14)15-17)16-5-2-7-18-8-6-16/h3-4,9,17H,2,5-8H2,1H3,(H2,14,15). The monoisotopic (exact) mass is 249 g/mol. The van der Waals surface area contributed by atoms with Crippen LogP contribution in [0.2, 0.25) is 0 Å². The molecule has 1 heterocycles. The Kier molecular flexibility index (Phi) is 4.04. The predicted molar refractivity (Wildman–Crippen MR) is 71.3 cm³/mol.